The van der Waals surface area contributed by atoms with Crippen LogP contribution in [-0.4, -0.2) is 111 Å². The Morgan fingerprint density at radius 3 is 0.600 bits per heavy atom. The van der Waals surface area contributed by atoms with Gasteiger partial charge in [-0.25, -0.2) is 44.9 Å². The zero-order valence-corrected chi connectivity index (χ0v) is 82.5. The first-order chi connectivity index (χ1) is 70.6. The zero-order chi connectivity index (χ0) is 99.0. The van der Waals surface area contributed by atoms with Gasteiger partial charge in [0.1, 0.15) is 0 Å². The van der Waals surface area contributed by atoms with Crippen LogP contribution < -0.4 is 10.9 Å². The summed E-state index contributed by atoms with van der Waals surface area (Å²) in [5.74, 6) is 3.24. The second-order valence-electron chi connectivity index (χ2n) is 37.4. The molecule has 21 aromatic rings. The number of halogens is 1. The van der Waals surface area contributed by atoms with Crippen LogP contribution in [-0.2, 0) is 18.6 Å². The highest BCUT2D eigenvalue weighted by atomic mass is 79.9. The quantitative estimate of drug-likeness (QED) is 0.0646. The van der Waals surface area contributed by atoms with Gasteiger partial charge < -0.3 is 18.6 Å². The summed E-state index contributed by atoms with van der Waals surface area (Å²) in [5, 5.41) is 0. The maximum Gasteiger partial charge on any atom is 0.494 e. The Morgan fingerprint density at radius 2 is 0.359 bits per heavy atom. The summed E-state index contributed by atoms with van der Waals surface area (Å²) in [7, 11) is -1.25. The van der Waals surface area contributed by atoms with Crippen LogP contribution in [0.1, 0.15) is 55.4 Å². The van der Waals surface area contributed by atoms with E-state index < -0.39 is 36.6 Å². The van der Waals surface area contributed by atoms with Crippen molar-refractivity contribution in [1.29, 1.82) is 0 Å². The molecular formula is C123H96B2BrN15O4. The first-order valence-corrected chi connectivity index (χ1v) is 48.8. The van der Waals surface area contributed by atoms with Crippen LogP contribution >= 0.6 is 15.9 Å². The molecule has 22 heteroatoms. The van der Waals surface area contributed by atoms with Gasteiger partial charge in [0.25, 0.3) is 0 Å². The molecule has 0 N–H and O–H groups in total. The Labute approximate surface area is 851 Å². The van der Waals surface area contributed by atoms with E-state index in [-0.39, 0.29) is 0 Å². The molecule has 0 unspecified atom stereocenters. The third-order valence-corrected chi connectivity index (χ3v) is 26.8. The molecule has 2 fully saturated rings. The average molecular weight is 1950 g/mol. The van der Waals surface area contributed by atoms with Crippen molar-refractivity contribution in [2.75, 3.05) is 0 Å². The summed E-state index contributed by atoms with van der Waals surface area (Å²) >= 11 is 3.51. The van der Waals surface area contributed by atoms with E-state index in [9.17, 15) is 0 Å². The minimum atomic E-state index is -0.623. The molecule has 19 nitrogen and oxygen atoms in total. The molecule has 0 spiro atoms. The van der Waals surface area contributed by atoms with Crippen molar-refractivity contribution in [3.63, 3.8) is 0 Å². The summed E-state index contributed by atoms with van der Waals surface area (Å²) in [6.07, 6.45) is 10.7. The SMILES string of the molecule is Brc1cc(-c2ccccn2)nc(-c2ccccn2)c1.CC1(C)OB(c2cc(B3OC(C)(C)C(C)(C)O3)cc(-c3nc(-c4cccc(-c5ccccc5)c4)nc(-c4cccc(-c5ccccc5)c4)n3)c2)OC1(C)C.c1ccc(-c2cccc(-c3nc(-c4cccc(-c5ccccc5)c4)nc(-c4cc(-c5cc(-c6ccccn6)nc(-c6ccccn6)c5)cc(-c5cc(-c6ccccn6)nc(-c6ccccn6)c5)c4)n3)c2)cc1. The van der Waals surface area contributed by atoms with Crippen LogP contribution in [0.15, 0.2) is 442 Å². The van der Waals surface area contributed by atoms with Gasteiger partial charge in [-0.15, -0.1) is 0 Å². The van der Waals surface area contributed by atoms with Crippen molar-refractivity contribution in [1.82, 2.24) is 74.8 Å². The average Bonchev–Trinajstić information content (AvgIpc) is 1.59. The summed E-state index contributed by atoms with van der Waals surface area (Å²) in [6, 6.07) is 135. The molecule has 11 aromatic heterocycles. The number of aromatic nitrogens is 15. The molecule has 13 heterocycles. The molecule has 2 aliphatic heterocycles. The van der Waals surface area contributed by atoms with E-state index in [1.807, 2.05) is 218 Å². The smallest absolute Gasteiger partial charge is 0.399 e. The predicted molar refractivity (Wildman–Crippen MR) is 583 cm³/mol. The Morgan fingerprint density at radius 1 is 0.166 bits per heavy atom. The Hall–Kier alpha value is -17.0. The van der Waals surface area contributed by atoms with Crippen molar-refractivity contribution < 1.29 is 18.6 Å². The van der Waals surface area contributed by atoms with Crippen LogP contribution in [0.4, 0.5) is 0 Å². The van der Waals surface area contributed by atoms with Crippen LogP contribution in [0.3, 0.4) is 0 Å². The molecule has 0 amide bonds. The number of benzene rings is 10. The van der Waals surface area contributed by atoms with Crippen LogP contribution in [0.2, 0.25) is 0 Å². The van der Waals surface area contributed by atoms with Gasteiger partial charge in [-0.2, -0.15) is 0 Å². The maximum absolute atomic E-state index is 6.58. The van der Waals surface area contributed by atoms with Crippen molar-refractivity contribution in [2.24, 2.45) is 0 Å². The molecule has 0 radical (unpaired) electrons. The Balaban J connectivity index is 0.000000148. The van der Waals surface area contributed by atoms with E-state index in [2.05, 4.69) is 268 Å². The lowest BCUT2D eigenvalue weighted by Crippen LogP contribution is -2.41. The highest BCUT2D eigenvalue weighted by molar-refractivity contribution is 9.10. The lowest BCUT2D eigenvalue weighted by atomic mass is 9.71. The van der Waals surface area contributed by atoms with Gasteiger partial charge in [0.2, 0.25) is 0 Å². The monoisotopic (exact) mass is 1950 g/mol. The van der Waals surface area contributed by atoms with Gasteiger partial charge in [-0.1, -0.05) is 265 Å². The zero-order valence-electron chi connectivity index (χ0n) is 80.9. The molecule has 700 valence electrons. The van der Waals surface area contributed by atoms with E-state index in [0.29, 0.717) is 57.7 Å². The Kier molecular flexibility index (Phi) is 26.8. The van der Waals surface area contributed by atoms with Gasteiger partial charge in [-0.05, 0) is 285 Å². The summed E-state index contributed by atoms with van der Waals surface area (Å²) in [6.45, 7) is 16.5. The highest BCUT2D eigenvalue weighted by Crippen LogP contribution is 2.44. The molecule has 2 aliphatic rings. The normalized spacial score (nSPS) is 13.6. The third kappa shape index (κ3) is 21.3. The first kappa shape index (κ1) is 94.3. The summed E-state index contributed by atoms with van der Waals surface area (Å²) in [4.78, 5) is 73.8. The molecule has 0 bridgehead atoms. The standard InChI is InChI=1S/C63H41N9.C45H45B2N3O4.C15H10BrN3/c1-3-17-42(18-4-1)44-21-15-23-46(33-44)61-70-62(47-24-16-22-45(34-47)43-19-5-2-6-20-43)72-63(71-61)52-36-48(50-38-57(53-25-7-11-29-64-53)68-58(39-50)54-26-8-12-30-65-54)35-49(37-52)51-40-59(55-27-9-13-31-66-55)69-60(41-51)56-28-10-14-32-67-56;1-42(2)43(3,4)52-46(51-42)37-27-36(28-38(29-37)47-53-44(5,6)45(7,8)54-47)41-49-39(34-23-15-21-32(25-34)30-17-11-9-12-18-30)48-40(50-41)35-24-16-22-33(26-35)31-19-13-10-14-20-31;16-11-9-14(12-5-1-3-7-17-12)19-15(10-11)13-6-2-4-8-18-13/h1-41H;9-29H,1-8H3;1-10H. The molecule has 0 saturated carbocycles. The second-order valence-corrected chi connectivity index (χ2v) is 38.3. The minimum Gasteiger partial charge on any atom is -0.399 e. The predicted octanol–water partition coefficient (Wildman–Crippen LogP) is 27.4. The largest absolute Gasteiger partial charge is 0.494 e. The number of hydrogen-bond acceptors (Lipinski definition) is 19. The van der Waals surface area contributed by atoms with Crippen LogP contribution in [0.25, 0.3) is 203 Å². The molecule has 10 aromatic carbocycles. The fraction of sp³-hybridized carbons (Fsp3) is 0.0976. The van der Waals surface area contributed by atoms with E-state index in [0.717, 1.165) is 161 Å². The molecule has 23 rings (SSSR count). The molecule has 145 heavy (non-hydrogen) atoms. The first-order valence-electron chi connectivity index (χ1n) is 48.0. The number of rotatable bonds is 20. The second kappa shape index (κ2) is 41.3. The van der Waals surface area contributed by atoms with Gasteiger partial charge in [0, 0.05) is 75.0 Å². The third-order valence-electron chi connectivity index (χ3n) is 26.3. The fourth-order valence-corrected chi connectivity index (χ4v) is 17.7. The van der Waals surface area contributed by atoms with E-state index in [4.69, 9.17) is 78.4 Å². The maximum atomic E-state index is 6.58. The van der Waals surface area contributed by atoms with Crippen molar-refractivity contribution in [3.05, 3.63) is 442 Å². The lowest BCUT2D eigenvalue weighted by molar-refractivity contribution is 0.00578. The molecule has 0 atom stereocenters. The molecule has 2 saturated heterocycles. The van der Waals surface area contributed by atoms with E-state index in [1.165, 1.54) is 0 Å². The molecular weight excluding hydrogens is 1850 g/mol. The Bertz CT molecular complexity index is 7610. The van der Waals surface area contributed by atoms with Crippen molar-refractivity contribution in [2.45, 2.75) is 77.8 Å². The lowest BCUT2D eigenvalue weighted by Gasteiger charge is -2.32. The van der Waals surface area contributed by atoms with Crippen LogP contribution in [0.5, 0.6) is 0 Å². The molecule has 0 aliphatic carbocycles. The van der Waals surface area contributed by atoms with Crippen molar-refractivity contribution in [3.8, 4) is 203 Å². The van der Waals surface area contributed by atoms with Crippen molar-refractivity contribution >= 4 is 41.1 Å². The van der Waals surface area contributed by atoms with E-state index >= 15 is 0 Å². The summed E-state index contributed by atoms with van der Waals surface area (Å²) < 4.78 is 27.3. The minimum absolute atomic E-state index is 0.501. The highest BCUT2D eigenvalue weighted by Gasteiger charge is 2.54. The summed E-state index contributed by atoms with van der Waals surface area (Å²) in [5.41, 5.74) is 26.0. The van der Waals surface area contributed by atoms with Gasteiger partial charge in [0.15, 0.2) is 34.9 Å². The topological polar surface area (TPSA) is 230 Å². The van der Waals surface area contributed by atoms with E-state index in [1.54, 1.807) is 37.2 Å². The van der Waals surface area contributed by atoms with Gasteiger partial charge in [0.05, 0.1) is 90.7 Å². The number of hydrogen-bond donors (Lipinski definition) is 0. The van der Waals surface area contributed by atoms with Gasteiger partial charge >= 0.3 is 14.2 Å². The van der Waals surface area contributed by atoms with Gasteiger partial charge in [-0.3, -0.25) is 29.9 Å². The fourth-order valence-electron chi connectivity index (χ4n) is 17.3. The number of nitrogens with zero attached hydrogens (tertiary/aromatic N) is 15. The number of pyridine rings is 9. The van der Waals surface area contributed by atoms with Crippen LogP contribution in [0, 0.1) is 0 Å².